The minimum atomic E-state index is -1.03. The van der Waals surface area contributed by atoms with Gasteiger partial charge in [-0.15, -0.1) is 0 Å². The molecule has 21 heavy (non-hydrogen) atoms. The summed E-state index contributed by atoms with van der Waals surface area (Å²) in [6, 6.07) is 10.4. The number of rotatable bonds is 4. The average Bonchev–Trinajstić information content (AvgIpc) is 2.44. The molecular formula is C14H10BrFN2O3. The van der Waals surface area contributed by atoms with Crippen LogP contribution in [0.4, 0.5) is 10.1 Å². The Labute approximate surface area is 128 Å². The van der Waals surface area contributed by atoms with Gasteiger partial charge in [0.25, 0.3) is 5.91 Å². The first-order valence-corrected chi connectivity index (χ1v) is 6.73. The van der Waals surface area contributed by atoms with Crippen LogP contribution in [0.1, 0.15) is 15.9 Å². The van der Waals surface area contributed by atoms with Crippen LogP contribution in [0.5, 0.6) is 0 Å². The van der Waals surface area contributed by atoms with Crippen molar-refractivity contribution in [3.63, 3.8) is 0 Å². The highest BCUT2D eigenvalue weighted by molar-refractivity contribution is 9.10. The van der Waals surface area contributed by atoms with Crippen LogP contribution in [0.3, 0.4) is 0 Å². The summed E-state index contributed by atoms with van der Waals surface area (Å²) in [6.07, 6.45) is 0. The van der Waals surface area contributed by atoms with Gasteiger partial charge < -0.3 is 5.32 Å². The highest BCUT2D eigenvalue weighted by atomic mass is 79.9. The third-order valence-electron chi connectivity index (χ3n) is 2.75. The molecule has 0 fully saturated rings. The molecule has 2 aromatic carbocycles. The summed E-state index contributed by atoms with van der Waals surface area (Å²) >= 11 is 3.32. The highest BCUT2D eigenvalue weighted by Crippen LogP contribution is 2.18. The van der Waals surface area contributed by atoms with E-state index in [1.807, 2.05) is 24.3 Å². The molecule has 5 nitrogen and oxygen atoms in total. The fraction of sp³-hybridized carbons (Fsp3) is 0.0714. The second kappa shape index (κ2) is 6.45. The molecule has 0 spiro atoms. The van der Waals surface area contributed by atoms with Gasteiger partial charge in [0.15, 0.2) is 0 Å². The summed E-state index contributed by atoms with van der Waals surface area (Å²) in [5.74, 6) is -1.53. The number of carbonyl (C=O) groups is 1. The number of nitro benzene ring substituents is 1. The molecular weight excluding hydrogens is 343 g/mol. The molecule has 0 saturated heterocycles. The third kappa shape index (κ3) is 3.85. The first kappa shape index (κ1) is 15.1. The summed E-state index contributed by atoms with van der Waals surface area (Å²) in [6.45, 7) is 0.275. The van der Waals surface area contributed by atoms with Crippen molar-refractivity contribution in [2.45, 2.75) is 6.54 Å². The summed E-state index contributed by atoms with van der Waals surface area (Å²) in [7, 11) is 0. The second-order valence-corrected chi connectivity index (χ2v) is 5.15. The van der Waals surface area contributed by atoms with Crippen molar-refractivity contribution in [3.8, 4) is 0 Å². The van der Waals surface area contributed by atoms with E-state index in [-0.39, 0.29) is 12.1 Å². The number of amides is 1. The number of carbonyl (C=O) groups excluding carboxylic acids is 1. The van der Waals surface area contributed by atoms with Crippen LogP contribution < -0.4 is 5.32 Å². The predicted molar refractivity (Wildman–Crippen MR) is 78.4 cm³/mol. The van der Waals surface area contributed by atoms with Crippen molar-refractivity contribution >= 4 is 27.5 Å². The van der Waals surface area contributed by atoms with Gasteiger partial charge >= 0.3 is 5.69 Å². The molecule has 0 unspecified atom stereocenters. The molecule has 2 aromatic rings. The van der Waals surface area contributed by atoms with Gasteiger partial charge in [0, 0.05) is 22.6 Å². The van der Waals surface area contributed by atoms with E-state index < -0.39 is 22.3 Å². The van der Waals surface area contributed by atoms with Gasteiger partial charge in [-0.2, -0.15) is 4.39 Å². The van der Waals surface area contributed by atoms with E-state index in [1.165, 1.54) is 6.07 Å². The minimum Gasteiger partial charge on any atom is -0.348 e. The van der Waals surface area contributed by atoms with Crippen molar-refractivity contribution in [1.82, 2.24) is 5.32 Å². The summed E-state index contributed by atoms with van der Waals surface area (Å²) < 4.78 is 14.3. The van der Waals surface area contributed by atoms with Crippen molar-refractivity contribution in [2.24, 2.45) is 0 Å². The quantitative estimate of drug-likeness (QED) is 0.676. The molecule has 1 N–H and O–H groups in total. The molecule has 0 aliphatic carbocycles. The fourth-order valence-electron chi connectivity index (χ4n) is 1.73. The molecule has 0 heterocycles. The Morgan fingerprint density at radius 2 is 2.05 bits per heavy atom. The molecule has 0 radical (unpaired) electrons. The largest absolute Gasteiger partial charge is 0.348 e. The first-order chi connectivity index (χ1) is 9.97. The Kier molecular flexibility index (Phi) is 4.64. The van der Waals surface area contributed by atoms with Gasteiger partial charge in [0.05, 0.1) is 4.92 Å². The summed E-state index contributed by atoms with van der Waals surface area (Å²) in [4.78, 5) is 21.5. The number of nitro groups is 1. The van der Waals surface area contributed by atoms with Gasteiger partial charge in [-0.25, -0.2) is 0 Å². The zero-order chi connectivity index (χ0) is 15.4. The van der Waals surface area contributed by atoms with E-state index in [4.69, 9.17) is 0 Å². The standard InChI is InChI=1S/C14H10BrFN2O3/c15-11-3-1-2-9(6-11)8-17-14(19)10-4-5-13(18(20)21)12(16)7-10/h1-7H,8H2,(H,17,19). The van der Waals surface area contributed by atoms with Crippen LogP contribution >= 0.6 is 15.9 Å². The molecule has 0 aliphatic rings. The number of hydrogen-bond donors (Lipinski definition) is 1. The molecule has 1 amide bonds. The van der Waals surface area contributed by atoms with Crippen LogP contribution in [0, 0.1) is 15.9 Å². The van der Waals surface area contributed by atoms with Gasteiger partial charge in [-0.3, -0.25) is 14.9 Å². The van der Waals surface area contributed by atoms with Crippen molar-refractivity contribution in [1.29, 1.82) is 0 Å². The topological polar surface area (TPSA) is 72.2 Å². The molecule has 0 aliphatic heterocycles. The van der Waals surface area contributed by atoms with Crippen LogP contribution in [0.25, 0.3) is 0 Å². The maximum atomic E-state index is 13.4. The smallest absolute Gasteiger partial charge is 0.304 e. The zero-order valence-corrected chi connectivity index (χ0v) is 12.3. The molecule has 0 saturated carbocycles. The molecule has 2 rings (SSSR count). The Morgan fingerprint density at radius 1 is 1.29 bits per heavy atom. The number of nitrogens with zero attached hydrogens (tertiary/aromatic N) is 1. The van der Waals surface area contributed by atoms with Gasteiger partial charge in [-0.05, 0) is 29.8 Å². The highest BCUT2D eigenvalue weighted by Gasteiger charge is 2.16. The second-order valence-electron chi connectivity index (χ2n) is 4.24. The molecule has 108 valence electrons. The van der Waals surface area contributed by atoms with Crippen LogP contribution in [0.15, 0.2) is 46.9 Å². The predicted octanol–water partition coefficient (Wildman–Crippen LogP) is 3.43. The molecule has 7 heteroatoms. The van der Waals surface area contributed by atoms with Crippen molar-refractivity contribution < 1.29 is 14.1 Å². The van der Waals surface area contributed by atoms with Gasteiger partial charge in [-0.1, -0.05) is 28.1 Å². The van der Waals surface area contributed by atoms with E-state index in [0.717, 1.165) is 22.2 Å². The van der Waals surface area contributed by atoms with E-state index >= 15 is 0 Å². The monoisotopic (exact) mass is 352 g/mol. The Bertz CT molecular complexity index is 706. The van der Waals surface area contributed by atoms with Crippen LogP contribution in [-0.2, 0) is 6.54 Å². The van der Waals surface area contributed by atoms with E-state index in [9.17, 15) is 19.3 Å². The van der Waals surface area contributed by atoms with E-state index in [2.05, 4.69) is 21.2 Å². The normalized spacial score (nSPS) is 10.2. The number of halogens is 2. The van der Waals surface area contributed by atoms with E-state index in [0.29, 0.717) is 0 Å². The lowest BCUT2D eigenvalue weighted by Crippen LogP contribution is -2.22. The van der Waals surface area contributed by atoms with Crippen molar-refractivity contribution in [3.05, 3.63) is 74.0 Å². The fourth-order valence-corrected chi connectivity index (χ4v) is 2.17. The maximum Gasteiger partial charge on any atom is 0.304 e. The van der Waals surface area contributed by atoms with Crippen molar-refractivity contribution in [2.75, 3.05) is 0 Å². The number of hydrogen-bond acceptors (Lipinski definition) is 3. The molecule has 0 aromatic heterocycles. The lowest BCUT2D eigenvalue weighted by Gasteiger charge is -2.06. The number of nitrogens with one attached hydrogen (secondary N) is 1. The summed E-state index contributed by atoms with van der Waals surface area (Å²) in [5, 5.41) is 13.1. The van der Waals surface area contributed by atoms with Gasteiger partial charge in [0.1, 0.15) is 0 Å². The SMILES string of the molecule is O=C(NCc1cccc(Br)c1)c1ccc([N+](=O)[O-])c(F)c1. The third-order valence-corrected chi connectivity index (χ3v) is 3.24. The number of benzene rings is 2. The molecule has 0 atom stereocenters. The average molecular weight is 353 g/mol. The first-order valence-electron chi connectivity index (χ1n) is 5.94. The van der Waals surface area contributed by atoms with Crippen LogP contribution in [-0.4, -0.2) is 10.8 Å². The van der Waals surface area contributed by atoms with Crippen LogP contribution in [0.2, 0.25) is 0 Å². The molecule has 0 bridgehead atoms. The Hall–Kier alpha value is -2.28. The maximum absolute atomic E-state index is 13.4. The van der Waals surface area contributed by atoms with E-state index in [1.54, 1.807) is 0 Å². The Balaban J connectivity index is 2.07. The lowest BCUT2D eigenvalue weighted by molar-refractivity contribution is -0.387. The lowest BCUT2D eigenvalue weighted by atomic mass is 10.1. The minimum absolute atomic E-state index is 0.0353. The van der Waals surface area contributed by atoms with Gasteiger partial charge in [0.2, 0.25) is 5.82 Å². The Morgan fingerprint density at radius 3 is 2.67 bits per heavy atom. The summed E-state index contributed by atoms with van der Waals surface area (Å²) in [5.41, 5.74) is 0.256. The zero-order valence-electron chi connectivity index (χ0n) is 10.7.